The van der Waals surface area contributed by atoms with Gasteiger partial charge in [-0.1, -0.05) is 62.4 Å². The van der Waals surface area contributed by atoms with E-state index in [1.807, 2.05) is 30.0 Å². The molecule has 0 radical (unpaired) electrons. The fraction of sp³-hybridized carbons (Fsp3) is 0.650. The molecule has 3 unspecified atom stereocenters. The number of ether oxygens (including phenoxy) is 1. The second-order valence-corrected chi connectivity index (χ2v) is 8.96. The van der Waals surface area contributed by atoms with Gasteiger partial charge in [0, 0.05) is 12.3 Å². The quantitative estimate of drug-likeness (QED) is 0.689. The van der Waals surface area contributed by atoms with Crippen LogP contribution in [0.4, 0.5) is 0 Å². The van der Waals surface area contributed by atoms with Gasteiger partial charge >= 0.3 is 0 Å². The third-order valence-corrected chi connectivity index (χ3v) is 7.22. The first-order chi connectivity index (χ1) is 12.7. The highest BCUT2D eigenvalue weighted by Crippen LogP contribution is 2.51. The van der Waals surface area contributed by atoms with Crippen LogP contribution in [0, 0.1) is 5.92 Å². The van der Waals surface area contributed by atoms with Crippen LogP contribution in [0.25, 0.3) is 0 Å². The zero-order valence-electron chi connectivity index (χ0n) is 15.2. The standard InChI is InChI=1S/C20H29N3O2S/c21-16(13-14-7-3-1-4-8-14)18(24)23-20-17(15-9-5-2-6-10-15)26-12-11-22-19(20)25-20/h2,5-6,9-10,14,16-17,19,22H,1,3-4,7-8,11-13,21H2,(H,23,24)/t16-,17?,19?,20?/m0/s1. The number of carbonyl (C=O) groups excluding carboxylic acids is 1. The van der Waals surface area contributed by atoms with Gasteiger partial charge in [-0.05, 0) is 17.9 Å². The first-order valence-corrected chi connectivity index (χ1v) is 10.9. The Morgan fingerprint density at radius 2 is 2.08 bits per heavy atom. The van der Waals surface area contributed by atoms with Crippen LogP contribution < -0.4 is 16.4 Å². The van der Waals surface area contributed by atoms with Gasteiger partial charge in [-0.3, -0.25) is 10.1 Å². The number of amides is 1. The van der Waals surface area contributed by atoms with Crippen molar-refractivity contribution in [3.8, 4) is 0 Å². The van der Waals surface area contributed by atoms with Gasteiger partial charge in [0.15, 0.2) is 12.0 Å². The highest BCUT2D eigenvalue weighted by atomic mass is 32.2. The van der Waals surface area contributed by atoms with Crippen molar-refractivity contribution in [3.63, 3.8) is 0 Å². The fourth-order valence-electron chi connectivity index (χ4n) is 4.35. The number of thioether (sulfide) groups is 1. The topological polar surface area (TPSA) is 79.7 Å². The number of hydrogen-bond donors (Lipinski definition) is 3. The average Bonchev–Trinajstić information content (AvgIpc) is 3.37. The zero-order valence-corrected chi connectivity index (χ0v) is 16.0. The Bertz CT molecular complexity index is 623. The van der Waals surface area contributed by atoms with Crippen molar-refractivity contribution in [2.45, 2.75) is 61.8 Å². The van der Waals surface area contributed by atoms with Gasteiger partial charge < -0.3 is 15.8 Å². The molecule has 0 spiro atoms. The zero-order chi connectivity index (χ0) is 18.0. The van der Waals surface area contributed by atoms with E-state index in [1.165, 1.54) is 37.7 Å². The third-order valence-electron chi connectivity index (χ3n) is 5.82. The van der Waals surface area contributed by atoms with Crippen LogP contribution >= 0.6 is 11.8 Å². The largest absolute Gasteiger partial charge is 0.327 e. The lowest BCUT2D eigenvalue weighted by molar-refractivity contribution is -0.124. The summed E-state index contributed by atoms with van der Waals surface area (Å²) in [5, 5.41) is 6.64. The Balaban J connectivity index is 1.45. The molecule has 1 saturated carbocycles. The predicted molar refractivity (Wildman–Crippen MR) is 105 cm³/mol. The average molecular weight is 376 g/mol. The summed E-state index contributed by atoms with van der Waals surface area (Å²) in [5.41, 5.74) is 6.78. The van der Waals surface area contributed by atoms with E-state index in [0.717, 1.165) is 18.7 Å². The molecule has 26 heavy (non-hydrogen) atoms. The molecule has 0 bridgehead atoms. The molecule has 4 atom stereocenters. The molecule has 3 fully saturated rings. The molecule has 2 heterocycles. The molecule has 4 rings (SSSR count). The molecule has 2 saturated heterocycles. The Kier molecular flexibility index (Phi) is 5.55. The molecule has 0 aromatic heterocycles. The molecule has 1 aromatic rings. The number of nitrogens with two attached hydrogens (primary N) is 1. The fourth-order valence-corrected chi connectivity index (χ4v) is 5.66. The Labute approximate surface area is 159 Å². The van der Waals surface area contributed by atoms with Crippen molar-refractivity contribution in [3.05, 3.63) is 35.9 Å². The summed E-state index contributed by atoms with van der Waals surface area (Å²) in [4.78, 5) is 12.9. The molecule has 6 heteroatoms. The van der Waals surface area contributed by atoms with Crippen molar-refractivity contribution in [1.82, 2.24) is 10.6 Å². The highest BCUT2D eigenvalue weighted by Gasteiger charge is 2.64. The Morgan fingerprint density at radius 1 is 1.31 bits per heavy atom. The van der Waals surface area contributed by atoms with Gasteiger partial charge in [-0.2, -0.15) is 0 Å². The van der Waals surface area contributed by atoms with Crippen LogP contribution in [0.3, 0.4) is 0 Å². The van der Waals surface area contributed by atoms with Crippen LogP contribution in [-0.2, 0) is 9.53 Å². The summed E-state index contributed by atoms with van der Waals surface area (Å²) >= 11 is 1.83. The van der Waals surface area contributed by atoms with Gasteiger partial charge in [0.05, 0.1) is 11.3 Å². The van der Waals surface area contributed by atoms with E-state index in [4.69, 9.17) is 10.5 Å². The number of epoxide rings is 1. The SMILES string of the molecule is N[C@@H](CC1CCCCC1)C(=O)NC12OC1NCCSC2c1ccccc1. The summed E-state index contributed by atoms with van der Waals surface area (Å²) < 4.78 is 6.00. The Morgan fingerprint density at radius 3 is 2.85 bits per heavy atom. The molecule has 142 valence electrons. The number of fused-ring (bicyclic) bond motifs is 1. The summed E-state index contributed by atoms with van der Waals surface area (Å²) in [6.07, 6.45) is 6.91. The minimum atomic E-state index is -0.677. The summed E-state index contributed by atoms with van der Waals surface area (Å²) in [6, 6.07) is 9.85. The lowest BCUT2D eigenvalue weighted by Gasteiger charge is -2.28. The minimum Gasteiger partial charge on any atom is -0.327 e. The van der Waals surface area contributed by atoms with Gasteiger partial charge in [0.25, 0.3) is 0 Å². The number of hydrogen-bond acceptors (Lipinski definition) is 5. The maximum absolute atomic E-state index is 12.9. The van der Waals surface area contributed by atoms with E-state index in [2.05, 4.69) is 22.8 Å². The minimum absolute atomic E-state index is 0.0783. The maximum Gasteiger partial charge on any atom is 0.239 e. The van der Waals surface area contributed by atoms with Crippen LogP contribution in [0.2, 0.25) is 0 Å². The lowest BCUT2D eigenvalue weighted by Crippen LogP contribution is -2.51. The first kappa shape index (κ1) is 18.3. The van der Waals surface area contributed by atoms with E-state index in [1.54, 1.807) is 0 Å². The third kappa shape index (κ3) is 3.79. The number of rotatable bonds is 5. The highest BCUT2D eigenvalue weighted by molar-refractivity contribution is 7.99. The smallest absolute Gasteiger partial charge is 0.239 e. The molecule has 3 aliphatic rings. The maximum atomic E-state index is 12.9. The molecule has 1 aromatic carbocycles. The lowest BCUT2D eigenvalue weighted by atomic mass is 9.85. The van der Waals surface area contributed by atoms with Crippen LogP contribution in [0.5, 0.6) is 0 Å². The van der Waals surface area contributed by atoms with E-state index in [0.29, 0.717) is 5.92 Å². The van der Waals surface area contributed by atoms with Crippen molar-refractivity contribution in [2.24, 2.45) is 11.7 Å². The van der Waals surface area contributed by atoms with Gasteiger partial charge in [-0.25, -0.2) is 0 Å². The van der Waals surface area contributed by atoms with Crippen LogP contribution in [0.15, 0.2) is 30.3 Å². The number of carbonyl (C=O) groups is 1. The van der Waals surface area contributed by atoms with Crippen LogP contribution in [-0.4, -0.2) is 36.2 Å². The molecule has 2 aliphatic heterocycles. The van der Waals surface area contributed by atoms with E-state index in [9.17, 15) is 4.79 Å². The van der Waals surface area contributed by atoms with Gasteiger partial charge in [0.2, 0.25) is 5.91 Å². The summed E-state index contributed by atoms with van der Waals surface area (Å²) in [5.74, 6) is 1.50. The van der Waals surface area contributed by atoms with E-state index >= 15 is 0 Å². The second-order valence-electron chi connectivity index (χ2n) is 7.74. The molecule has 4 N–H and O–H groups in total. The molecule has 1 amide bonds. The van der Waals surface area contributed by atoms with Crippen molar-refractivity contribution < 1.29 is 9.53 Å². The summed E-state index contributed by atoms with van der Waals surface area (Å²) in [7, 11) is 0. The molecule has 1 aliphatic carbocycles. The predicted octanol–water partition coefficient (Wildman–Crippen LogP) is 2.53. The molecular weight excluding hydrogens is 346 g/mol. The first-order valence-electron chi connectivity index (χ1n) is 9.84. The van der Waals surface area contributed by atoms with Crippen molar-refractivity contribution in [1.29, 1.82) is 0 Å². The second kappa shape index (κ2) is 7.89. The number of nitrogens with one attached hydrogen (secondary N) is 2. The van der Waals surface area contributed by atoms with Crippen LogP contribution in [0.1, 0.15) is 49.3 Å². The Hall–Kier alpha value is -1.08. The van der Waals surface area contributed by atoms with Gasteiger partial charge in [-0.15, -0.1) is 11.8 Å². The van der Waals surface area contributed by atoms with E-state index in [-0.39, 0.29) is 17.4 Å². The number of benzene rings is 1. The monoisotopic (exact) mass is 375 g/mol. The summed E-state index contributed by atoms with van der Waals surface area (Å²) in [6.45, 7) is 0.879. The van der Waals surface area contributed by atoms with Gasteiger partial charge in [0.1, 0.15) is 0 Å². The molecule has 5 nitrogen and oxygen atoms in total. The van der Waals surface area contributed by atoms with Crippen molar-refractivity contribution in [2.75, 3.05) is 12.3 Å². The van der Waals surface area contributed by atoms with E-state index < -0.39 is 11.8 Å². The normalized spacial score (nSPS) is 33.0. The van der Waals surface area contributed by atoms with Crippen molar-refractivity contribution >= 4 is 17.7 Å². The molecular formula is C20H29N3O2S.